The van der Waals surface area contributed by atoms with E-state index in [0.29, 0.717) is 43.2 Å². The number of aryl methyl sites for hydroxylation is 1. The lowest BCUT2D eigenvalue weighted by molar-refractivity contribution is -0.138. The molecule has 7 rings (SSSR count). The number of pyridine rings is 1. The van der Waals surface area contributed by atoms with E-state index >= 15 is 0 Å². The van der Waals surface area contributed by atoms with E-state index in [1.807, 2.05) is 31.0 Å². The van der Waals surface area contributed by atoms with Crippen molar-refractivity contribution in [1.29, 1.82) is 0 Å². The summed E-state index contributed by atoms with van der Waals surface area (Å²) in [6, 6.07) is 9.59. The first-order chi connectivity index (χ1) is 21.0. The number of amides is 1. The van der Waals surface area contributed by atoms with Gasteiger partial charge in [0.25, 0.3) is 0 Å². The predicted octanol–water partition coefficient (Wildman–Crippen LogP) is 5.58. The van der Waals surface area contributed by atoms with Crippen LogP contribution in [0, 0.1) is 12.8 Å². The number of alkyl halides is 3. The summed E-state index contributed by atoms with van der Waals surface area (Å²) in [5.41, 5.74) is 2.21. The number of nitrogens with zero attached hydrogens (tertiary/aromatic N) is 3. The first-order valence-corrected chi connectivity index (χ1v) is 15.0. The highest BCUT2D eigenvalue weighted by molar-refractivity contribution is 5.97. The zero-order chi connectivity index (χ0) is 30.7. The van der Waals surface area contributed by atoms with Crippen LogP contribution >= 0.6 is 0 Å². The number of rotatable bonds is 7. The summed E-state index contributed by atoms with van der Waals surface area (Å²) < 4.78 is 54.7. The number of aromatic nitrogens is 1. The van der Waals surface area contributed by atoms with Crippen LogP contribution in [0.2, 0.25) is 0 Å². The van der Waals surface area contributed by atoms with E-state index in [4.69, 9.17) is 9.47 Å². The molecule has 2 fully saturated rings. The van der Waals surface area contributed by atoms with E-state index in [9.17, 15) is 22.8 Å². The fourth-order valence-corrected chi connectivity index (χ4v) is 6.73. The van der Waals surface area contributed by atoms with Crippen molar-refractivity contribution in [3.8, 4) is 17.2 Å². The SMILES string of the molecule is Cc1cc(Oc2ccnc3c2CCC(=O)N3)cc2c1OC1C(CC(=O)c3ccc(CN4CCN(C)CC4)c(C(F)(F)F)c3)C21. The fourth-order valence-electron chi connectivity index (χ4n) is 6.73. The summed E-state index contributed by atoms with van der Waals surface area (Å²) in [5, 5.41) is 2.78. The molecule has 1 amide bonds. The highest BCUT2D eigenvalue weighted by Crippen LogP contribution is 2.61. The highest BCUT2D eigenvalue weighted by Gasteiger charge is 2.59. The van der Waals surface area contributed by atoms with Crippen LogP contribution in [-0.2, 0) is 23.9 Å². The number of Topliss-reactive ketones (excluding diaryl/α,β-unsaturated/α-hetero) is 1. The molecule has 3 aliphatic heterocycles. The Morgan fingerprint density at radius 2 is 1.91 bits per heavy atom. The monoisotopic (exact) mass is 606 g/mol. The van der Waals surface area contributed by atoms with Gasteiger partial charge in [0.1, 0.15) is 29.2 Å². The van der Waals surface area contributed by atoms with Crippen molar-refractivity contribution in [2.24, 2.45) is 5.92 Å². The number of hydrogen-bond acceptors (Lipinski definition) is 7. The molecule has 4 heterocycles. The molecule has 230 valence electrons. The number of benzene rings is 2. The zero-order valence-corrected chi connectivity index (χ0v) is 24.5. The van der Waals surface area contributed by atoms with Crippen LogP contribution in [0.1, 0.15) is 56.9 Å². The van der Waals surface area contributed by atoms with Crippen LogP contribution in [0.4, 0.5) is 19.0 Å². The lowest BCUT2D eigenvalue weighted by Crippen LogP contribution is -2.44. The van der Waals surface area contributed by atoms with E-state index in [0.717, 1.165) is 41.6 Å². The number of piperazine rings is 1. The topological polar surface area (TPSA) is 84.0 Å². The first kappa shape index (κ1) is 28.8. The summed E-state index contributed by atoms with van der Waals surface area (Å²) in [4.78, 5) is 33.5. The third kappa shape index (κ3) is 5.43. The molecule has 11 heteroatoms. The Labute approximate surface area is 253 Å². The van der Waals surface area contributed by atoms with Gasteiger partial charge in [-0.2, -0.15) is 13.2 Å². The Morgan fingerprint density at radius 1 is 1.11 bits per heavy atom. The van der Waals surface area contributed by atoms with Gasteiger partial charge in [0, 0.05) is 80.3 Å². The van der Waals surface area contributed by atoms with E-state index in [1.54, 1.807) is 12.3 Å². The molecule has 2 aromatic carbocycles. The second-order valence-corrected chi connectivity index (χ2v) is 12.3. The number of fused-ring (bicyclic) bond motifs is 4. The van der Waals surface area contributed by atoms with Gasteiger partial charge in [0.15, 0.2) is 5.78 Å². The van der Waals surface area contributed by atoms with Gasteiger partial charge in [-0.3, -0.25) is 14.5 Å². The van der Waals surface area contributed by atoms with Crippen molar-refractivity contribution in [3.05, 3.63) is 76.0 Å². The van der Waals surface area contributed by atoms with E-state index in [-0.39, 0.29) is 53.7 Å². The van der Waals surface area contributed by atoms with Gasteiger partial charge >= 0.3 is 6.18 Å². The minimum atomic E-state index is -4.55. The van der Waals surface area contributed by atoms with Crippen LogP contribution in [0.3, 0.4) is 0 Å². The highest BCUT2D eigenvalue weighted by atomic mass is 19.4. The van der Waals surface area contributed by atoms with Crippen LogP contribution in [-0.4, -0.2) is 65.8 Å². The number of ketones is 1. The summed E-state index contributed by atoms with van der Waals surface area (Å²) >= 11 is 0. The van der Waals surface area contributed by atoms with Crippen molar-refractivity contribution in [2.45, 2.75) is 50.9 Å². The van der Waals surface area contributed by atoms with E-state index < -0.39 is 11.7 Å². The van der Waals surface area contributed by atoms with Crippen LogP contribution in [0.5, 0.6) is 17.2 Å². The molecule has 8 nitrogen and oxygen atoms in total. The fraction of sp³-hybridized carbons (Fsp3) is 0.424. The van der Waals surface area contributed by atoms with Crippen LogP contribution in [0.15, 0.2) is 42.6 Å². The molecule has 3 unspecified atom stereocenters. The number of halogens is 3. The molecule has 1 saturated heterocycles. The molecule has 1 aliphatic carbocycles. The Morgan fingerprint density at radius 3 is 2.68 bits per heavy atom. The number of nitrogens with one attached hydrogen (secondary N) is 1. The number of ether oxygens (including phenoxy) is 2. The number of anilines is 1. The molecule has 1 saturated carbocycles. The molecule has 3 atom stereocenters. The maximum atomic E-state index is 14.1. The maximum absolute atomic E-state index is 14.1. The lowest BCUT2D eigenvalue weighted by Gasteiger charge is -2.33. The van der Waals surface area contributed by atoms with Gasteiger partial charge < -0.3 is 19.7 Å². The average Bonchev–Trinajstić information content (AvgIpc) is 3.49. The molecule has 1 aromatic heterocycles. The van der Waals surface area contributed by atoms with Gasteiger partial charge in [-0.05, 0) is 55.8 Å². The quantitative estimate of drug-likeness (QED) is 0.352. The number of hydrogen-bond donors (Lipinski definition) is 1. The summed E-state index contributed by atoms with van der Waals surface area (Å²) in [7, 11) is 2.00. The number of carbonyl (C=O) groups excluding carboxylic acids is 2. The molecular weight excluding hydrogens is 573 g/mol. The summed E-state index contributed by atoms with van der Waals surface area (Å²) in [5.74, 6) is 1.95. The van der Waals surface area contributed by atoms with Crippen LogP contribution in [0.25, 0.3) is 0 Å². The molecule has 3 aromatic rings. The summed E-state index contributed by atoms with van der Waals surface area (Å²) in [6.07, 6.45) is -2.17. The number of carbonyl (C=O) groups is 2. The average molecular weight is 607 g/mol. The predicted molar refractivity (Wildman–Crippen MR) is 156 cm³/mol. The maximum Gasteiger partial charge on any atom is 0.416 e. The molecule has 44 heavy (non-hydrogen) atoms. The van der Waals surface area contributed by atoms with Gasteiger partial charge in [-0.1, -0.05) is 12.1 Å². The summed E-state index contributed by atoms with van der Waals surface area (Å²) in [6.45, 7) is 5.17. The second-order valence-electron chi connectivity index (χ2n) is 12.3. The largest absolute Gasteiger partial charge is 0.489 e. The Kier molecular flexibility index (Phi) is 7.12. The van der Waals surface area contributed by atoms with Gasteiger partial charge in [-0.15, -0.1) is 0 Å². The number of likely N-dealkylation sites (N-methyl/N-ethyl adjacent to an activating group) is 1. The Balaban J connectivity index is 1.06. The van der Waals surface area contributed by atoms with Crippen molar-refractivity contribution in [2.75, 3.05) is 38.5 Å². The van der Waals surface area contributed by atoms with Crippen molar-refractivity contribution in [3.63, 3.8) is 0 Å². The van der Waals surface area contributed by atoms with Crippen molar-refractivity contribution >= 4 is 17.5 Å². The van der Waals surface area contributed by atoms with E-state index in [2.05, 4.69) is 15.2 Å². The van der Waals surface area contributed by atoms with Crippen LogP contribution < -0.4 is 14.8 Å². The third-order valence-electron chi connectivity index (χ3n) is 9.23. The standard InChI is InChI=1S/C33H33F3N4O4/c1-18-13-21(43-27-7-8-37-32-22(27)5-6-28(42)38-32)15-23-29-24(31(29)44-30(18)23)16-26(41)19-3-4-20(25(14-19)33(34,35)36)17-40-11-9-39(2)10-12-40/h3-4,7-8,13-15,24,29,31H,5-6,9-12,16-17H2,1-2H3,(H,37,38,42). The normalized spacial score (nSPS) is 22.8. The van der Waals surface area contributed by atoms with Gasteiger partial charge in [0.05, 0.1) is 5.56 Å². The minimum absolute atomic E-state index is 0.0274. The molecule has 0 spiro atoms. The molecule has 0 radical (unpaired) electrons. The Bertz CT molecular complexity index is 1650. The van der Waals surface area contributed by atoms with Crippen molar-refractivity contribution in [1.82, 2.24) is 14.8 Å². The zero-order valence-electron chi connectivity index (χ0n) is 24.5. The first-order valence-electron chi connectivity index (χ1n) is 15.0. The van der Waals surface area contributed by atoms with E-state index in [1.165, 1.54) is 12.1 Å². The third-order valence-corrected chi connectivity index (χ3v) is 9.23. The van der Waals surface area contributed by atoms with Gasteiger partial charge in [0.2, 0.25) is 5.91 Å². The lowest BCUT2D eigenvalue weighted by atomic mass is 9.96. The minimum Gasteiger partial charge on any atom is -0.489 e. The molecule has 1 N–H and O–H groups in total. The van der Waals surface area contributed by atoms with Gasteiger partial charge in [-0.25, -0.2) is 4.98 Å². The molecule has 0 bridgehead atoms. The van der Waals surface area contributed by atoms with Crippen molar-refractivity contribution < 1.29 is 32.2 Å². The molecular formula is C33H33F3N4O4. The smallest absolute Gasteiger partial charge is 0.416 e. The Hall–Kier alpha value is -3.96. The molecule has 4 aliphatic rings. The second kappa shape index (κ2) is 10.9.